The first kappa shape index (κ1) is 20.2. The number of hydrogen-bond acceptors (Lipinski definition) is 4. The Labute approximate surface area is 127 Å². The fraction of sp³-hybridized carbons (Fsp3) is 0.923. The maximum Gasteiger partial charge on any atom is 0.184 e. The van der Waals surface area contributed by atoms with Gasteiger partial charge in [0.15, 0.2) is 25.0 Å². The van der Waals surface area contributed by atoms with Crippen LogP contribution in [-0.4, -0.2) is 50.1 Å². The van der Waals surface area contributed by atoms with E-state index in [4.69, 9.17) is 13.3 Å². The summed E-state index contributed by atoms with van der Waals surface area (Å²) in [6.45, 7) is 19.4. The van der Waals surface area contributed by atoms with E-state index in [9.17, 15) is 4.79 Å². The first-order valence-corrected chi connectivity index (χ1v) is 17.4. The van der Waals surface area contributed by atoms with E-state index in [2.05, 4.69) is 58.9 Å². The molecule has 0 fully saturated rings. The lowest BCUT2D eigenvalue weighted by atomic mass is 10.2. The van der Waals surface area contributed by atoms with Crippen LogP contribution >= 0.6 is 0 Å². The van der Waals surface area contributed by atoms with Gasteiger partial charge in [0.05, 0.1) is 12.7 Å². The molecule has 0 N–H and O–H groups in total. The molecule has 0 amide bonds. The molecule has 0 aromatic carbocycles. The molecule has 0 rings (SSSR count). The Balaban J connectivity index is 4.92. The van der Waals surface area contributed by atoms with Gasteiger partial charge in [-0.25, -0.2) is 0 Å². The summed E-state index contributed by atoms with van der Waals surface area (Å²) in [5.74, 6) is 0. The molecule has 0 saturated carbocycles. The molecule has 0 radical (unpaired) electrons. The van der Waals surface area contributed by atoms with E-state index in [-0.39, 0.29) is 6.10 Å². The second kappa shape index (κ2) is 7.46. The SMILES string of the molecule is C[Si](C)(C)OC[C@H](O[Si](C)(C)C)[C@@H](C=O)O[Si](C)(C)C. The molecule has 0 saturated heterocycles. The van der Waals surface area contributed by atoms with Crippen molar-refractivity contribution in [2.24, 2.45) is 0 Å². The third kappa shape index (κ3) is 10.9. The van der Waals surface area contributed by atoms with E-state index in [1.54, 1.807) is 0 Å². The van der Waals surface area contributed by atoms with E-state index in [0.717, 1.165) is 6.29 Å². The van der Waals surface area contributed by atoms with Gasteiger partial charge >= 0.3 is 0 Å². The van der Waals surface area contributed by atoms with Crippen molar-refractivity contribution in [1.29, 1.82) is 0 Å². The highest BCUT2D eigenvalue weighted by Crippen LogP contribution is 2.17. The summed E-state index contributed by atoms with van der Waals surface area (Å²) in [7, 11) is -5.19. The minimum Gasteiger partial charge on any atom is -0.415 e. The van der Waals surface area contributed by atoms with Crippen LogP contribution in [0, 0.1) is 0 Å². The Kier molecular flexibility index (Phi) is 7.53. The summed E-state index contributed by atoms with van der Waals surface area (Å²) in [4.78, 5) is 11.4. The van der Waals surface area contributed by atoms with E-state index in [1.807, 2.05) is 0 Å². The van der Waals surface area contributed by atoms with Crippen molar-refractivity contribution in [2.75, 3.05) is 6.61 Å². The fourth-order valence-electron chi connectivity index (χ4n) is 1.58. The van der Waals surface area contributed by atoms with E-state index >= 15 is 0 Å². The van der Waals surface area contributed by atoms with Gasteiger partial charge in [-0.05, 0) is 58.9 Å². The number of aldehydes is 1. The highest BCUT2D eigenvalue weighted by atomic mass is 28.4. The van der Waals surface area contributed by atoms with E-state index in [1.165, 1.54) is 0 Å². The predicted molar refractivity (Wildman–Crippen MR) is 91.8 cm³/mol. The zero-order valence-electron chi connectivity index (χ0n) is 14.6. The van der Waals surface area contributed by atoms with Gasteiger partial charge in [0, 0.05) is 0 Å². The Morgan fingerprint density at radius 2 is 1.25 bits per heavy atom. The zero-order chi connectivity index (χ0) is 16.2. The van der Waals surface area contributed by atoms with Crippen molar-refractivity contribution in [3.63, 3.8) is 0 Å². The molecule has 0 aliphatic heterocycles. The van der Waals surface area contributed by atoms with E-state index < -0.39 is 31.1 Å². The average Bonchev–Trinajstić information content (AvgIpc) is 2.16. The molecule has 0 spiro atoms. The highest BCUT2D eigenvalue weighted by Gasteiger charge is 2.33. The second-order valence-electron chi connectivity index (χ2n) is 8.02. The van der Waals surface area contributed by atoms with Gasteiger partial charge in [0.2, 0.25) is 0 Å². The second-order valence-corrected chi connectivity index (χ2v) is 21.5. The Morgan fingerprint density at radius 1 is 0.800 bits per heavy atom. The first-order valence-electron chi connectivity index (χ1n) is 7.18. The monoisotopic (exact) mass is 336 g/mol. The molecule has 120 valence electrons. The molecule has 4 nitrogen and oxygen atoms in total. The third-order valence-electron chi connectivity index (χ3n) is 2.18. The average molecular weight is 337 g/mol. The third-order valence-corrected chi connectivity index (χ3v) is 5.20. The van der Waals surface area contributed by atoms with Crippen LogP contribution in [0.15, 0.2) is 0 Å². The molecule has 0 bridgehead atoms. The smallest absolute Gasteiger partial charge is 0.184 e. The Bertz CT molecular complexity index is 302. The molecule has 0 unspecified atom stereocenters. The minimum absolute atomic E-state index is 0.294. The lowest BCUT2D eigenvalue weighted by molar-refractivity contribution is -0.119. The molecule has 0 aromatic heterocycles. The molecule has 0 aliphatic carbocycles. The van der Waals surface area contributed by atoms with Gasteiger partial charge in [-0.15, -0.1) is 0 Å². The van der Waals surface area contributed by atoms with Gasteiger partial charge in [-0.1, -0.05) is 0 Å². The molecule has 0 heterocycles. The van der Waals surface area contributed by atoms with E-state index in [0.29, 0.717) is 6.61 Å². The van der Waals surface area contributed by atoms with Crippen LogP contribution in [-0.2, 0) is 18.1 Å². The van der Waals surface area contributed by atoms with Crippen molar-refractivity contribution >= 4 is 31.2 Å². The number of rotatable bonds is 9. The van der Waals surface area contributed by atoms with Gasteiger partial charge in [0.25, 0.3) is 0 Å². The number of carbonyl (C=O) groups excluding carboxylic acids is 1. The van der Waals surface area contributed by atoms with Crippen LogP contribution in [0.3, 0.4) is 0 Å². The molecule has 7 heteroatoms. The zero-order valence-corrected chi connectivity index (χ0v) is 17.6. The molecule has 20 heavy (non-hydrogen) atoms. The Morgan fingerprint density at radius 3 is 1.55 bits per heavy atom. The number of carbonyl (C=O) groups is 1. The summed E-state index contributed by atoms with van der Waals surface area (Å²) in [5.41, 5.74) is 0. The van der Waals surface area contributed by atoms with Crippen molar-refractivity contribution in [3.8, 4) is 0 Å². The summed E-state index contributed by atoms with van der Waals surface area (Å²) in [6.07, 6.45) is 0.0544. The van der Waals surface area contributed by atoms with Crippen molar-refractivity contribution in [3.05, 3.63) is 0 Å². The van der Waals surface area contributed by atoms with Crippen LogP contribution < -0.4 is 0 Å². The lowest BCUT2D eigenvalue weighted by Crippen LogP contribution is -2.48. The minimum atomic E-state index is -1.79. The first-order chi connectivity index (χ1) is 8.73. The summed E-state index contributed by atoms with van der Waals surface area (Å²) < 4.78 is 18.0. The number of hydrogen-bond donors (Lipinski definition) is 0. The molecule has 0 aliphatic rings. The maximum absolute atomic E-state index is 11.4. The van der Waals surface area contributed by atoms with Crippen molar-refractivity contribution in [1.82, 2.24) is 0 Å². The largest absolute Gasteiger partial charge is 0.415 e. The van der Waals surface area contributed by atoms with Gasteiger partial charge in [-0.2, -0.15) is 0 Å². The Hall–Kier alpha value is 0.201. The van der Waals surface area contributed by atoms with Crippen LogP contribution in [0.5, 0.6) is 0 Å². The van der Waals surface area contributed by atoms with Crippen LogP contribution in [0.1, 0.15) is 0 Å². The normalized spacial score (nSPS) is 16.9. The highest BCUT2D eigenvalue weighted by molar-refractivity contribution is 6.70. The summed E-state index contributed by atoms with van der Waals surface area (Å²) >= 11 is 0. The molecular formula is C13H32O4Si3. The van der Waals surface area contributed by atoms with Crippen molar-refractivity contribution in [2.45, 2.75) is 71.1 Å². The standard InChI is InChI=1S/C13H32O4Si3/c1-18(2,3)15-11-13(17-20(7,8)9)12(10-14)16-19(4,5)6/h10,12-13H,11H2,1-9H3/t12-,13+/m1/s1. The summed E-state index contributed by atoms with van der Waals surface area (Å²) in [6, 6.07) is 0. The summed E-state index contributed by atoms with van der Waals surface area (Å²) in [5, 5.41) is 0. The maximum atomic E-state index is 11.4. The molecular weight excluding hydrogens is 304 g/mol. The molecule has 0 aromatic rings. The lowest BCUT2D eigenvalue weighted by Gasteiger charge is -2.34. The van der Waals surface area contributed by atoms with Gasteiger partial charge < -0.3 is 18.1 Å². The predicted octanol–water partition coefficient (Wildman–Crippen LogP) is 3.48. The van der Waals surface area contributed by atoms with Gasteiger partial charge in [0.1, 0.15) is 12.4 Å². The topological polar surface area (TPSA) is 44.8 Å². The quantitative estimate of drug-likeness (QED) is 0.478. The van der Waals surface area contributed by atoms with Crippen LogP contribution in [0.2, 0.25) is 58.9 Å². The fourth-order valence-corrected chi connectivity index (χ4v) is 4.38. The van der Waals surface area contributed by atoms with Crippen LogP contribution in [0.4, 0.5) is 0 Å². The molecule has 2 atom stereocenters. The van der Waals surface area contributed by atoms with Crippen molar-refractivity contribution < 1.29 is 18.1 Å². The van der Waals surface area contributed by atoms with Crippen LogP contribution in [0.25, 0.3) is 0 Å². The van der Waals surface area contributed by atoms with Gasteiger partial charge in [-0.3, -0.25) is 0 Å².